The Kier molecular flexibility index (Phi) is 18.7. The van der Waals surface area contributed by atoms with Crippen molar-refractivity contribution >= 4 is 17.8 Å². The summed E-state index contributed by atoms with van der Waals surface area (Å²) in [5.41, 5.74) is 0. The minimum absolute atomic E-state index is 0.375. The maximum absolute atomic E-state index is 8.95. The number of ether oxygens (including phenoxy) is 1. The molecule has 0 aliphatic rings. The maximum Gasteiger partial charge on any atom is 0.292 e. The minimum Gasteiger partial charge on any atom is -0.471 e. The summed E-state index contributed by atoms with van der Waals surface area (Å²) in [7, 11) is 1.31. The number of hydrogen-bond acceptors (Lipinski definition) is 3. The zero-order chi connectivity index (χ0) is 8.95. The summed E-state index contributed by atoms with van der Waals surface area (Å²) in [6.45, 7) is 4.38. The molecule has 0 aliphatic heterocycles. The molecule has 64 valence electrons. The van der Waals surface area contributed by atoms with Crippen LogP contribution in [0.1, 0.15) is 13.8 Å². The fourth-order valence-corrected chi connectivity index (χ4v) is 0.680. The van der Waals surface area contributed by atoms with Gasteiger partial charge in [-0.1, -0.05) is 26.0 Å². The van der Waals surface area contributed by atoms with E-state index in [0.29, 0.717) is 6.47 Å². The molecule has 2 nitrogen and oxygen atoms in total. The van der Waals surface area contributed by atoms with Crippen LogP contribution < -0.4 is 0 Å². The van der Waals surface area contributed by atoms with E-state index in [2.05, 4.69) is 4.74 Å². The van der Waals surface area contributed by atoms with Crippen molar-refractivity contribution in [3.8, 4) is 0 Å². The highest BCUT2D eigenvalue weighted by Gasteiger charge is 1.58. The lowest BCUT2D eigenvalue weighted by atomic mass is 10.7. The highest BCUT2D eigenvalue weighted by molar-refractivity contribution is 7.07. The van der Waals surface area contributed by atoms with Crippen molar-refractivity contribution in [3.05, 3.63) is 22.9 Å². The summed E-state index contributed by atoms with van der Waals surface area (Å²) in [4.78, 5) is 8.95. The fourth-order valence-electron chi connectivity index (χ4n) is 0.227. The third-order valence-corrected chi connectivity index (χ3v) is 1.15. The molecule has 0 unspecified atom stereocenters. The van der Waals surface area contributed by atoms with Gasteiger partial charge in [-0.2, -0.15) is 11.3 Å². The third kappa shape index (κ3) is 17.6. The van der Waals surface area contributed by atoms with Gasteiger partial charge >= 0.3 is 0 Å². The smallest absolute Gasteiger partial charge is 0.292 e. The number of carbonyl (C=O) groups is 1. The Hall–Kier alpha value is -0.830. The lowest BCUT2D eigenvalue weighted by Crippen LogP contribution is -1.68. The van der Waals surface area contributed by atoms with Crippen LogP contribution in [0.2, 0.25) is 0 Å². The molecule has 3 heteroatoms. The Labute approximate surface area is 71.8 Å². The molecule has 0 aliphatic carbocycles. The standard InChI is InChI=1S/C4H4S.C2H4O2.C2H6/c1-2-4-5-3-1;1-4-2-3;1-2/h1-4H;2H,1H3;1-2H3. The molecule has 0 fully saturated rings. The van der Waals surface area contributed by atoms with Gasteiger partial charge in [0.25, 0.3) is 6.47 Å². The molecule has 0 bridgehead atoms. The Bertz CT molecular complexity index is 109. The van der Waals surface area contributed by atoms with Crippen LogP contribution in [-0.2, 0) is 9.53 Å². The molecule has 1 aromatic heterocycles. The molecule has 0 radical (unpaired) electrons. The van der Waals surface area contributed by atoms with Gasteiger partial charge in [0, 0.05) is 0 Å². The molecule has 0 saturated heterocycles. The van der Waals surface area contributed by atoms with E-state index < -0.39 is 0 Å². The Morgan fingerprint density at radius 3 is 1.73 bits per heavy atom. The van der Waals surface area contributed by atoms with Crippen molar-refractivity contribution in [1.82, 2.24) is 0 Å². The summed E-state index contributed by atoms with van der Waals surface area (Å²) in [5, 5.41) is 4.08. The summed E-state index contributed by atoms with van der Waals surface area (Å²) >= 11 is 1.71. The average Bonchev–Trinajstić information content (AvgIpc) is 2.65. The second-order valence-electron chi connectivity index (χ2n) is 1.13. The normalized spacial score (nSPS) is 6.09. The zero-order valence-corrected chi connectivity index (χ0v) is 7.93. The van der Waals surface area contributed by atoms with Crippen LogP contribution in [0.15, 0.2) is 22.9 Å². The van der Waals surface area contributed by atoms with Gasteiger partial charge in [0.2, 0.25) is 0 Å². The monoisotopic (exact) mass is 174 g/mol. The van der Waals surface area contributed by atoms with E-state index in [0.717, 1.165) is 0 Å². The lowest BCUT2D eigenvalue weighted by molar-refractivity contribution is -0.126. The van der Waals surface area contributed by atoms with E-state index in [1.54, 1.807) is 11.3 Å². The van der Waals surface area contributed by atoms with Crippen molar-refractivity contribution < 1.29 is 9.53 Å². The number of rotatable bonds is 1. The highest BCUT2D eigenvalue weighted by Crippen LogP contribution is 1.91. The first-order valence-electron chi connectivity index (χ1n) is 3.35. The first kappa shape index (κ1) is 12.8. The van der Waals surface area contributed by atoms with E-state index in [1.165, 1.54) is 7.11 Å². The van der Waals surface area contributed by atoms with Crippen LogP contribution in [0, 0.1) is 0 Å². The highest BCUT2D eigenvalue weighted by atomic mass is 32.1. The molecule has 0 N–H and O–H groups in total. The topological polar surface area (TPSA) is 26.3 Å². The second-order valence-corrected chi connectivity index (χ2v) is 1.94. The minimum atomic E-state index is 0.375. The quantitative estimate of drug-likeness (QED) is 0.612. The van der Waals surface area contributed by atoms with Gasteiger partial charge in [-0.15, -0.1) is 0 Å². The largest absolute Gasteiger partial charge is 0.471 e. The van der Waals surface area contributed by atoms with E-state index in [-0.39, 0.29) is 0 Å². The van der Waals surface area contributed by atoms with Gasteiger partial charge in [0.15, 0.2) is 0 Å². The zero-order valence-electron chi connectivity index (χ0n) is 7.11. The van der Waals surface area contributed by atoms with Gasteiger partial charge in [-0.05, 0) is 10.8 Å². The van der Waals surface area contributed by atoms with E-state index in [4.69, 9.17) is 4.79 Å². The van der Waals surface area contributed by atoms with Crippen LogP contribution in [-0.4, -0.2) is 13.6 Å². The van der Waals surface area contributed by atoms with Gasteiger partial charge in [0.1, 0.15) is 0 Å². The molecule has 0 saturated carbocycles. The fraction of sp³-hybridized carbons (Fsp3) is 0.375. The van der Waals surface area contributed by atoms with E-state index in [1.807, 2.05) is 36.7 Å². The Morgan fingerprint density at radius 1 is 1.27 bits per heavy atom. The Morgan fingerprint density at radius 2 is 1.64 bits per heavy atom. The van der Waals surface area contributed by atoms with Crippen LogP contribution in [0.4, 0.5) is 0 Å². The molecular formula is C8H14O2S. The predicted molar refractivity (Wildman–Crippen MR) is 48.7 cm³/mol. The third-order valence-electron chi connectivity index (χ3n) is 0.522. The van der Waals surface area contributed by atoms with Gasteiger partial charge in [0.05, 0.1) is 7.11 Å². The molecule has 1 aromatic rings. The molecule has 1 rings (SSSR count). The second kappa shape index (κ2) is 16.1. The number of methoxy groups -OCH3 is 1. The molecule has 0 spiro atoms. The molecule has 0 atom stereocenters. The van der Waals surface area contributed by atoms with E-state index in [9.17, 15) is 0 Å². The summed E-state index contributed by atoms with van der Waals surface area (Å²) in [6.07, 6.45) is 0. The molecule has 11 heavy (non-hydrogen) atoms. The first-order chi connectivity index (χ1) is 5.41. The SMILES string of the molecule is CC.COC=O.c1ccsc1. The Balaban J connectivity index is 0. The van der Waals surface area contributed by atoms with Crippen molar-refractivity contribution in [2.45, 2.75) is 13.8 Å². The summed E-state index contributed by atoms with van der Waals surface area (Å²) in [6, 6.07) is 4.04. The predicted octanol–water partition coefficient (Wildman–Crippen LogP) is 2.56. The van der Waals surface area contributed by atoms with Crippen LogP contribution >= 0.6 is 11.3 Å². The molecular weight excluding hydrogens is 160 g/mol. The summed E-state index contributed by atoms with van der Waals surface area (Å²) < 4.78 is 3.86. The first-order valence-corrected chi connectivity index (χ1v) is 4.29. The molecule has 0 aromatic carbocycles. The van der Waals surface area contributed by atoms with Crippen LogP contribution in [0.25, 0.3) is 0 Å². The molecule has 1 heterocycles. The summed E-state index contributed by atoms with van der Waals surface area (Å²) in [5.74, 6) is 0. The van der Waals surface area contributed by atoms with Crippen molar-refractivity contribution in [3.63, 3.8) is 0 Å². The average molecular weight is 174 g/mol. The lowest BCUT2D eigenvalue weighted by Gasteiger charge is -1.67. The van der Waals surface area contributed by atoms with Gasteiger partial charge in [-0.25, -0.2) is 0 Å². The molecule has 0 amide bonds. The van der Waals surface area contributed by atoms with Crippen molar-refractivity contribution in [2.24, 2.45) is 0 Å². The van der Waals surface area contributed by atoms with Crippen molar-refractivity contribution in [2.75, 3.05) is 7.11 Å². The number of carbonyl (C=O) groups excluding carboxylic acids is 1. The van der Waals surface area contributed by atoms with Crippen LogP contribution in [0.5, 0.6) is 0 Å². The van der Waals surface area contributed by atoms with E-state index >= 15 is 0 Å². The van der Waals surface area contributed by atoms with Gasteiger partial charge < -0.3 is 4.74 Å². The number of thiophene rings is 1. The van der Waals surface area contributed by atoms with Crippen molar-refractivity contribution in [1.29, 1.82) is 0 Å². The number of hydrogen-bond donors (Lipinski definition) is 0. The maximum atomic E-state index is 8.95. The van der Waals surface area contributed by atoms with Gasteiger partial charge in [-0.3, -0.25) is 4.79 Å². The van der Waals surface area contributed by atoms with Crippen LogP contribution in [0.3, 0.4) is 0 Å².